The molecule has 5 nitrogen and oxygen atoms in total. The summed E-state index contributed by atoms with van der Waals surface area (Å²) < 4.78 is 0. The maximum absolute atomic E-state index is 13.1. The van der Waals surface area contributed by atoms with Gasteiger partial charge in [-0.05, 0) is 36.4 Å². The second-order valence-electron chi connectivity index (χ2n) is 6.57. The van der Waals surface area contributed by atoms with Gasteiger partial charge in [-0.1, -0.05) is 48.2 Å². The van der Waals surface area contributed by atoms with Gasteiger partial charge in [0.2, 0.25) is 0 Å². The highest BCUT2D eigenvalue weighted by molar-refractivity contribution is 7.99. The molecule has 0 radical (unpaired) electrons. The zero-order chi connectivity index (χ0) is 20.2. The molecular formula is C23H18N4OS. The molecule has 0 aliphatic rings. The number of carbonyl (C=O) groups is 1. The van der Waals surface area contributed by atoms with Gasteiger partial charge >= 0.3 is 0 Å². The number of aromatic nitrogens is 2. The van der Waals surface area contributed by atoms with E-state index in [1.54, 1.807) is 18.0 Å². The molecule has 0 atom stereocenters. The highest BCUT2D eigenvalue weighted by Gasteiger charge is 2.18. The number of rotatable bonds is 5. The first-order valence-corrected chi connectivity index (χ1v) is 9.92. The Balaban J connectivity index is 1.57. The minimum absolute atomic E-state index is 0.0944. The van der Waals surface area contributed by atoms with E-state index in [9.17, 15) is 10.1 Å². The fourth-order valence-corrected chi connectivity index (χ4v) is 4.10. The van der Waals surface area contributed by atoms with Crippen molar-refractivity contribution in [3.8, 4) is 6.07 Å². The minimum atomic E-state index is -0.0944. The Morgan fingerprint density at radius 3 is 2.52 bits per heavy atom. The summed E-state index contributed by atoms with van der Waals surface area (Å²) in [5.41, 5.74) is 3.03. The van der Waals surface area contributed by atoms with Gasteiger partial charge in [-0.25, -0.2) is 4.98 Å². The topological polar surface area (TPSA) is 72.8 Å². The van der Waals surface area contributed by atoms with E-state index < -0.39 is 0 Å². The van der Waals surface area contributed by atoms with Crippen molar-refractivity contribution in [2.24, 2.45) is 0 Å². The van der Waals surface area contributed by atoms with E-state index in [0.717, 1.165) is 26.6 Å². The van der Waals surface area contributed by atoms with Crippen molar-refractivity contribution in [2.45, 2.75) is 16.3 Å². The Labute approximate surface area is 173 Å². The average molecular weight is 398 g/mol. The molecule has 0 fully saturated rings. The highest BCUT2D eigenvalue weighted by Crippen LogP contribution is 2.33. The quantitative estimate of drug-likeness (QED) is 0.521. The molecule has 0 aliphatic heterocycles. The average Bonchev–Trinajstić information content (AvgIpc) is 3.16. The van der Waals surface area contributed by atoms with Crippen LogP contribution in [0.2, 0.25) is 0 Å². The van der Waals surface area contributed by atoms with Crippen molar-refractivity contribution in [3.63, 3.8) is 0 Å². The summed E-state index contributed by atoms with van der Waals surface area (Å²) in [4.78, 5) is 24.2. The summed E-state index contributed by atoms with van der Waals surface area (Å²) in [6.45, 7) is 0.376. The van der Waals surface area contributed by atoms with E-state index in [-0.39, 0.29) is 5.91 Å². The zero-order valence-corrected chi connectivity index (χ0v) is 16.6. The Kier molecular flexibility index (Phi) is 5.32. The number of nitrogens with zero attached hydrogens (tertiary/aromatic N) is 3. The lowest BCUT2D eigenvalue weighted by molar-refractivity contribution is 0.0778. The van der Waals surface area contributed by atoms with Crippen LogP contribution < -0.4 is 0 Å². The molecule has 4 rings (SSSR count). The molecular weight excluding hydrogens is 380 g/mol. The SMILES string of the molecule is CN(Cc1nc2ccccc2[nH]1)C(=O)c1ccccc1Sc1ccccc1C#N. The minimum Gasteiger partial charge on any atom is -0.340 e. The second kappa shape index (κ2) is 8.21. The summed E-state index contributed by atoms with van der Waals surface area (Å²) in [6.07, 6.45) is 0. The number of aromatic amines is 1. The number of amides is 1. The van der Waals surface area contributed by atoms with Gasteiger partial charge in [-0.15, -0.1) is 0 Å². The number of H-pyrrole nitrogens is 1. The Morgan fingerprint density at radius 1 is 1.03 bits per heavy atom. The van der Waals surface area contributed by atoms with Crippen LogP contribution >= 0.6 is 11.8 Å². The van der Waals surface area contributed by atoms with E-state index in [1.807, 2.05) is 66.7 Å². The van der Waals surface area contributed by atoms with Crippen LogP contribution in [0.25, 0.3) is 11.0 Å². The predicted octanol–water partition coefficient (Wildman–Crippen LogP) is 4.86. The maximum atomic E-state index is 13.1. The molecule has 29 heavy (non-hydrogen) atoms. The van der Waals surface area contributed by atoms with Crippen LogP contribution in [0, 0.1) is 11.3 Å². The molecule has 0 saturated heterocycles. The molecule has 0 saturated carbocycles. The van der Waals surface area contributed by atoms with Gasteiger partial charge < -0.3 is 9.88 Å². The van der Waals surface area contributed by atoms with Crippen molar-refractivity contribution in [3.05, 3.63) is 89.7 Å². The number of fused-ring (bicyclic) bond motifs is 1. The first-order valence-electron chi connectivity index (χ1n) is 9.11. The summed E-state index contributed by atoms with van der Waals surface area (Å²) in [5.74, 6) is 0.644. The van der Waals surface area contributed by atoms with Gasteiger partial charge in [-0.2, -0.15) is 5.26 Å². The van der Waals surface area contributed by atoms with Crippen molar-refractivity contribution in [1.82, 2.24) is 14.9 Å². The number of benzene rings is 3. The molecule has 3 aromatic carbocycles. The van der Waals surface area contributed by atoms with Crippen molar-refractivity contribution >= 4 is 28.7 Å². The molecule has 1 N–H and O–H groups in total. The molecule has 0 unspecified atom stereocenters. The molecule has 1 aromatic heterocycles. The van der Waals surface area contributed by atoms with Gasteiger partial charge in [-0.3, -0.25) is 4.79 Å². The summed E-state index contributed by atoms with van der Waals surface area (Å²) in [7, 11) is 1.76. The lowest BCUT2D eigenvalue weighted by atomic mass is 10.2. The summed E-state index contributed by atoms with van der Waals surface area (Å²) >= 11 is 1.43. The predicted molar refractivity (Wildman–Crippen MR) is 114 cm³/mol. The first-order chi connectivity index (χ1) is 14.2. The number of hydrogen-bond acceptors (Lipinski definition) is 4. The van der Waals surface area contributed by atoms with Gasteiger partial charge in [0.15, 0.2) is 0 Å². The smallest absolute Gasteiger partial charge is 0.255 e. The largest absolute Gasteiger partial charge is 0.340 e. The molecule has 0 aliphatic carbocycles. The Morgan fingerprint density at radius 2 is 1.72 bits per heavy atom. The number of carbonyl (C=O) groups excluding carboxylic acids is 1. The summed E-state index contributed by atoms with van der Waals surface area (Å²) in [6, 6.07) is 24.9. The van der Waals surface area contributed by atoms with Gasteiger partial charge in [0.1, 0.15) is 11.9 Å². The second-order valence-corrected chi connectivity index (χ2v) is 7.65. The van der Waals surface area contributed by atoms with E-state index >= 15 is 0 Å². The number of imidazole rings is 1. The van der Waals surface area contributed by atoms with Gasteiger partial charge in [0.05, 0.1) is 28.7 Å². The third kappa shape index (κ3) is 4.00. The number of nitriles is 1. The third-order valence-corrected chi connectivity index (χ3v) is 5.67. The molecule has 1 heterocycles. The Bertz CT molecular complexity index is 1190. The van der Waals surface area contributed by atoms with Crippen LogP contribution in [0.4, 0.5) is 0 Å². The van der Waals surface area contributed by atoms with Gasteiger partial charge in [0, 0.05) is 16.8 Å². The van der Waals surface area contributed by atoms with Crippen LogP contribution in [-0.2, 0) is 6.54 Å². The fourth-order valence-electron chi connectivity index (χ4n) is 3.08. The van der Waals surface area contributed by atoms with Crippen molar-refractivity contribution < 1.29 is 4.79 Å². The van der Waals surface area contributed by atoms with Crippen molar-refractivity contribution in [1.29, 1.82) is 5.26 Å². The van der Waals surface area contributed by atoms with Crippen LogP contribution in [0.5, 0.6) is 0 Å². The number of para-hydroxylation sites is 2. The standard InChI is InChI=1S/C23H18N4OS/c1-27(15-22-25-18-10-4-5-11-19(18)26-22)23(28)17-9-3-7-13-21(17)29-20-12-6-2-8-16(20)14-24/h2-13H,15H2,1H3,(H,25,26). The van der Waals surface area contributed by atoms with E-state index in [4.69, 9.17) is 0 Å². The molecule has 0 spiro atoms. The maximum Gasteiger partial charge on any atom is 0.255 e. The lowest BCUT2D eigenvalue weighted by Gasteiger charge is -2.18. The number of hydrogen-bond donors (Lipinski definition) is 1. The molecule has 142 valence electrons. The van der Waals surface area contributed by atoms with Crippen molar-refractivity contribution in [2.75, 3.05) is 7.05 Å². The van der Waals surface area contributed by atoms with Crippen LogP contribution in [0.1, 0.15) is 21.7 Å². The lowest BCUT2D eigenvalue weighted by Crippen LogP contribution is -2.27. The fraction of sp³-hybridized carbons (Fsp3) is 0.0870. The summed E-state index contributed by atoms with van der Waals surface area (Å²) in [5, 5.41) is 9.34. The molecule has 4 aromatic rings. The van der Waals surface area contributed by atoms with Crippen LogP contribution in [0.3, 0.4) is 0 Å². The van der Waals surface area contributed by atoms with E-state index in [1.165, 1.54) is 11.8 Å². The van der Waals surface area contributed by atoms with Gasteiger partial charge in [0.25, 0.3) is 5.91 Å². The molecule has 6 heteroatoms. The highest BCUT2D eigenvalue weighted by atomic mass is 32.2. The molecule has 0 bridgehead atoms. The first kappa shape index (κ1) is 18.8. The van der Waals surface area contributed by atoms with E-state index in [0.29, 0.717) is 17.7 Å². The Hall–Kier alpha value is -3.56. The third-order valence-electron chi connectivity index (χ3n) is 4.52. The van der Waals surface area contributed by atoms with E-state index in [2.05, 4.69) is 16.0 Å². The monoisotopic (exact) mass is 398 g/mol. The molecule has 1 amide bonds. The van der Waals surface area contributed by atoms with Crippen LogP contribution in [-0.4, -0.2) is 27.8 Å². The van der Waals surface area contributed by atoms with Crippen LogP contribution in [0.15, 0.2) is 82.6 Å². The zero-order valence-electron chi connectivity index (χ0n) is 15.8. The number of nitrogens with one attached hydrogen (secondary N) is 1. The normalized spacial score (nSPS) is 10.6.